The molecule has 0 N–H and O–H groups in total. The van der Waals surface area contributed by atoms with Gasteiger partial charge in [0, 0.05) is 29.7 Å². The van der Waals surface area contributed by atoms with Crippen molar-refractivity contribution in [1.82, 2.24) is 4.57 Å². The number of allylic oxidation sites excluding steroid dienone is 1. The van der Waals surface area contributed by atoms with Crippen molar-refractivity contribution >= 4 is 16.5 Å². The van der Waals surface area contributed by atoms with Gasteiger partial charge in [-0.3, -0.25) is 0 Å². The summed E-state index contributed by atoms with van der Waals surface area (Å²) in [6.07, 6.45) is 2.16. The van der Waals surface area contributed by atoms with Crippen LogP contribution in [-0.4, -0.2) is 4.57 Å². The summed E-state index contributed by atoms with van der Waals surface area (Å²) in [5, 5.41) is 1.32. The van der Waals surface area contributed by atoms with Crippen LogP contribution in [0, 0.1) is 0 Å². The lowest BCUT2D eigenvalue weighted by Crippen LogP contribution is -1.88. The van der Waals surface area contributed by atoms with Gasteiger partial charge in [-0.2, -0.15) is 0 Å². The fraction of sp³-hybridized carbons (Fsp3) is 0.333. The highest BCUT2D eigenvalue weighted by Gasteiger charge is 2.08. The van der Waals surface area contributed by atoms with E-state index in [0.29, 0.717) is 5.92 Å². The number of rotatable bonds is 2. The van der Waals surface area contributed by atoms with Crippen molar-refractivity contribution in [2.45, 2.75) is 26.7 Å². The van der Waals surface area contributed by atoms with E-state index in [9.17, 15) is 0 Å². The second-order valence-corrected chi connectivity index (χ2v) is 4.87. The summed E-state index contributed by atoms with van der Waals surface area (Å²) in [7, 11) is 2.09. The first-order valence-electron chi connectivity index (χ1n) is 5.75. The van der Waals surface area contributed by atoms with E-state index in [1.807, 2.05) is 0 Å². The van der Waals surface area contributed by atoms with E-state index in [4.69, 9.17) is 0 Å². The summed E-state index contributed by atoms with van der Waals surface area (Å²) in [5.41, 5.74) is 5.06. The summed E-state index contributed by atoms with van der Waals surface area (Å²) < 4.78 is 2.17. The Morgan fingerprint density at radius 2 is 2.00 bits per heavy atom. The summed E-state index contributed by atoms with van der Waals surface area (Å²) >= 11 is 0. The van der Waals surface area contributed by atoms with E-state index < -0.39 is 0 Å². The Kier molecular flexibility index (Phi) is 2.63. The molecule has 0 bridgehead atoms. The summed E-state index contributed by atoms with van der Waals surface area (Å²) in [4.78, 5) is 0. The Bertz CT molecular complexity index is 544. The number of benzene rings is 1. The molecule has 0 amide bonds. The molecule has 0 saturated carbocycles. The maximum absolute atomic E-state index is 4.05. The normalized spacial score (nSPS) is 11.3. The van der Waals surface area contributed by atoms with Crippen LogP contribution >= 0.6 is 0 Å². The minimum Gasteiger partial charge on any atom is -0.350 e. The fourth-order valence-corrected chi connectivity index (χ4v) is 2.11. The first kappa shape index (κ1) is 11.0. The van der Waals surface area contributed by atoms with Gasteiger partial charge in [-0.15, -0.1) is 0 Å². The second kappa shape index (κ2) is 3.82. The second-order valence-electron chi connectivity index (χ2n) is 4.87. The van der Waals surface area contributed by atoms with E-state index in [2.05, 4.69) is 63.4 Å². The van der Waals surface area contributed by atoms with E-state index in [1.165, 1.54) is 22.0 Å². The molecule has 0 aliphatic heterocycles. The largest absolute Gasteiger partial charge is 0.350 e. The zero-order valence-electron chi connectivity index (χ0n) is 10.5. The quantitative estimate of drug-likeness (QED) is 0.699. The monoisotopic (exact) mass is 213 g/mol. The molecule has 2 aromatic rings. The fourth-order valence-electron chi connectivity index (χ4n) is 2.11. The zero-order chi connectivity index (χ0) is 11.9. The molecule has 0 aliphatic carbocycles. The molecule has 1 heteroatoms. The molecule has 16 heavy (non-hydrogen) atoms. The van der Waals surface area contributed by atoms with Gasteiger partial charge in [-0.05, 0) is 36.1 Å². The number of aromatic nitrogens is 1. The molecule has 0 saturated heterocycles. The SMILES string of the molecule is C=C(C)c1cn(C)c2ccc(C(C)C)cc12. The van der Waals surface area contributed by atoms with Crippen LogP contribution in [0.3, 0.4) is 0 Å². The Labute approximate surface area is 97.4 Å². The van der Waals surface area contributed by atoms with Gasteiger partial charge in [0.25, 0.3) is 0 Å². The van der Waals surface area contributed by atoms with Gasteiger partial charge in [-0.1, -0.05) is 26.5 Å². The first-order valence-corrected chi connectivity index (χ1v) is 5.75. The van der Waals surface area contributed by atoms with Crippen molar-refractivity contribution in [1.29, 1.82) is 0 Å². The van der Waals surface area contributed by atoms with Crippen molar-refractivity contribution in [3.8, 4) is 0 Å². The third-order valence-electron chi connectivity index (χ3n) is 3.14. The van der Waals surface area contributed by atoms with Gasteiger partial charge in [0.15, 0.2) is 0 Å². The number of aryl methyl sites for hydroxylation is 1. The van der Waals surface area contributed by atoms with E-state index >= 15 is 0 Å². The van der Waals surface area contributed by atoms with Crippen LogP contribution in [0.1, 0.15) is 37.8 Å². The summed E-state index contributed by atoms with van der Waals surface area (Å²) in [6, 6.07) is 6.72. The van der Waals surface area contributed by atoms with Gasteiger partial charge >= 0.3 is 0 Å². The van der Waals surface area contributed by atoms with Crippen LogP contribution in [0.5, 0.6) is 0 Å². The van der Waals surface area contributed by atoms with E-state index in [0.717, 1.165) is 5.57 Å². The highest BCUT2D eigenvalue weighted by Crippen LogP contribution is 2.28. The number of hydrogen-bond acceptors (Lipinski definition) is 0. The molecular formula is C15H19N. The molecule has 0 atom stereocenters. The number of hydrogen-bond donors (Lipinski definition) is 0. The average Bonchev–Trinajstić information content (AvgIpc) is 2.56. The van der Waals surface area contributed by atoms with Crippen molar-refractivity contribution < 1.29 is 0 Å². The molecule has 0 aliphatic rings. The molecule has 84 valence electrons. The molecule has 0 radical (unpaired) electrons. The molecule has 0 fully saturated rings. The van der Waals surface area contributed by atoms with Crippen LogP contribution < -0.4 is 0 Å². The van der Waals surface area contributed by atoms with Crippen molar-refractivity contribution in [3.63, 3.8) is 0 Å². The van der Waals surface area contributed by atoms with Crippen molar-refractivity contribution in [2.24, 2.45) is 7.05 Å². The average molecular weight is 213 g/mol. The lowest BCUT2D eigenvalue weighted by molar-refractivity contribution is 0.868. The predicted molar refractivity (Wildman–Crippen MR) is 71.7 cm³/mol. The summed E-state index contributed by atoms with van der Waals surface area (Å²) in [6.45, 7) is 10.6. The van der Waals surface area contributed by atoms with Crippen LogP contribution in [-0.2, 0) is 7.05 Å². The first-order chi connectivity index (χ1) is 7.50. The molecule has 1 aromatic heterocycles. The molecular weight excluding hydrogens is 194 g/mol. The Hall–Kier alpha value is -1.50. The van der Waals surface area contributed by atoms with Gasteiger partial charge < -0.3 is 4.57 Å². The molecule has 1 nitrogen and oxygen atoms in total. The Balaban J connectivity index is 2.74. The lowest BCUT2D eigenvalue weighted by atomic mass is 9.99. The van der Waals surface area contributed by atoms with E-state index in [-0.39, 0.29) is 0 Å². The van der Waals surface area contributed by atoms with Crippen LogP contribution in [0.25, 0.3) is 16.5 Å². The number of nitrogens with zero attached hydrogens (tertiary/aromatic N) is 1. The van der Waals surface area contributed by atoms with Crippen LogP contribution in [0.2, 0.25) is 0 Å². The van der Waals surface area contributed by atoms with Gasteiger partial charge in [0.1, 0.15) is 0 Å². The molecule has 1 aromatic carbocycles. The maximum atomic E-state index is 4.05. The van der Waals surface area contributed by atoms with Gasteiger partial charge in [0.2, 0.25) is 0 Å². The molecule has 1 heterocycles. The Morgan fingerprint density at radius 1 is 1.31 bits per heavy atom. The van der Waals surface area contributed by atoms with Gasteiger partial charge in [-0.25, -0.2) is 0 Å². The molecule has 0 spiro atoms. The van der Waals surface area contributed by atoms with Gasteiger partial charge in [0.05, 0.1) is 0 Å². The van der Waals surface area contributed by atoms with Crippen LogP contribution in [0.4, 0.5) is 0 Å². The zero-order valence-corrected chi connectivity index (χ0v) is 10.5. The van der Waals surface area contributed by atoms with Crippen LogP contribution in [0.15, 0.2) is 31.0 Å². The van der Waals surface area contributed by atoms with E-state index in [1.54, 1.807) is 0 Å². The summed E-state index contributed by atoms with van der Waals surface area (Å²) in [5.74, 6) is 0.572. The minimum absolute atomic E-state index is 0.572. The molecule has 2 rings (SSSR count). The lowest BCUT2D eigenvalue weighted by Gasteiger charge is -2.06. The maximum Gasteiger partial charge on any atom is 0.0484 e. The topological polar surface area (TPSA) is 4.93 Å². The molecule has 0 unspecified atom stereocenters. The van der Waals surface area contributed by atoms with Crippen molar-refractivity contribution in [2.75, 3.05) is 0 Å². The van der Waals surface area contributed by atoms with Crippen molar-refractivity contribution in [3.05, 3.63) is 42.1 Å². The highest BCUT2D eigenvalue weighted by atomic mass is 14.9. The third-order valence-corrected chi connectivity index (χ3v) is 3.14. The standard InChI is InChI=1S/C15H19N/c1-10(2)12-6-7-15-13(8-12)14(11(3)4)9-16(15)5/h6-10H,3H2,1-2,4-5H3. The highest BCUT2D eigenvalue weighted by molar-refractivity contribution is 5.92. The Morgan fingerprint density at radius 3 is 2.56 bits per heavy atom. The smallest absolute Gasteiger partial charge is 0.0484 e. The predicted octanol–water partition coefficient (Wildman–Crippen LogP) is 4.33. The minimum atomic E-state index is 0.572. The third kappa shape index (κ3) is 1.67. The number of fused-ring (bicyclic) bond motifs is 1.